The van der Waals surface area contributed by atoms with Crippen molar-refractivity contribution in [2.24, 2.45) is 0 Å². The Labute approximate surface area is 136 Å². The molecule has 1 heterocycles. The molecule has 0 atom stereocenters. The minimum Gasteiger partial charge on any atom is -0.383 e. The Morgan fingerprint density at radius 3 is 2.55 bits per heavy atom. The highest BCUT2D eigenvalue weighted by Gasteiger charge is 2.08. The second kappa shape index (κ2) is 7.27. The Bertz CT molecular complexity index is 655. The fourth-order valence-corrected chi connectivity index (χ4v) is 2.32. The lowest BCUT2D eigenvalue weighted by Gasteiger charge is -2.10. The van der Waals surface area contributed by atoms with Gasteiger partial charge in [0.1, 0.15) is 5.82 Å². The number of aryl methyl sites for hydroxylation is 1. The summed E-state index contributed by atoms with van der Waals surface area (Å²) in [5.74, 6) is 1.11. The van der Waals surface area contributed by atoms with Crippen LogP contribution < -0.4 is 11.1 Å². The monoisotopic (exact) mass is 316 g/mol. The van der Waals surface area contributed by atoms with Crippen LogP contribution in [0.4, 0.5) is 11.8 Å². The molecule has 0 saturated carbocycles. The van der Waals surface area contributed by atoms with Crippen LogP contribution in [0.3, 0.4) is 0 Å². The molecule has 0 bridgehead atoms. The molecule has 0 aliphatic heterocycles. The number of anilines is 2. The van der Waals surface area contributed by atoms with E-state index in [1.165, 1.54) is 5.57 Å². The van der Waals surface area contributed by atoms with Gasteiger partial charge < -0.3 is 11.1 Å². The fourth-order valence-electron chi connectivity index (χ4n) is 2.19. The predicted octanol–water partition coefficient (Wildman–Crippen LogP) is 4.10. The Kier molecular flexibility index (Phi) is 5.39. The number of halogens is 1. The minimum absolute atomic E-state index is 0.531. The van der Waals surface area contributed by atoms with Crippen molar-refractivity contribution in [3.63, 3.8) is 0 Å². The molecule has 0 saturated heterocycles. The summed E-state index contributed by atoms with van der Waals surface area (Å²) in [6, 6.07) is 7.80. The lowest BCUT2D eigenvalue weighted by Crippen LogP contribution is -2.09. The van der Waals surface area contributed by atoms with E-state index in [1.807, 2.05) is 38.1 Å². The first kappa shape index (κ1) is 16.3. The fraction of sp³-hybridized carbons (Fsp3) is 0.294. The smallest absolute Gasteiger partial charge is 0.224 e. The molecule has 2 aromatic rings. The van der Waals surface area contributed by atoms with Crippen molar-refractivity contribution in [2.45, 2.75) is 27.2 Å². The lowest BCUT2D eigenvalue weighted by molar-refractivity contribution is 1.02. The minimum atomic E-state index is 0.531. The van der Waals surface area contributed by atoms with Gasteiger partial charge >= 0.3 is 0 Å². The molecule has 2 rings (SSSR count). The molecular formula is C17H21ClN4. The number of hydrogen-bond acceptors (Lipinski definition) is 4. The zero-order valence-electron chi connectivity index (χ0n) is 13.2. The summed E-state index contributed by atoms with van der Waals surface area (Å²) < 4.78 is 0. The number of rotatable bonds is 5. The van der Waals surface area contributed by atoms with Crippen LogP contribution in [0.5, 0.6) is 0 Å². The highest BCUT2D eigenvalue weighted by Crippen LogP contribution is 2.21. The van der Waals surface area contributed by atoms with E-state index in [0.29, 0.717) is 18.2 Å². The van der Waals surface area contributed by atoms with Crippen LogP contribution in [0.2, 0.25) is 5.02 Å². The third-order valence-corrected chi connectivity index (χ3v) is 3.74. The Morgan fingerprint density at radius 1 is 1.27 bits per heavy atom. The summed E-state index contributed by atoms with van der Waals surface area (Å²) in [5.41, 5.74) is 10.2. The van der Waals surface area contributed by atoms with E-state index in [4.69, 9.17) is 17.3 Å². The van der Waals surface area contributed by atoms with Crippen molar-refractivity contribution in [3.05, 3.63) is 52.2 Å². The van der Waals surface area contributed by atoms with Crippen LogP contribution in [0.15, 0.2) is 30.3 Å². The molecule has 0 fully saturated rings. The molecule has 1 aromatic heterocycles. The van der Waals surface area contributed by atoms with Crippen LogP contribution in [-0.2, 0) is 6.42 Å². The van der Waals surface area contributed by atoms with Crippen molar-refractivity contribution in [1.29, 1.82) is 0 Å². The first-order chi connectivity index (χ1) is 10.5. The Morgan fingerprint density at radius 2 is 1.95 bits per heavy atom. The summed E-state index contributed by atoms with van der Waals surface area (Å²) in [7, 11) is 0. The zero-order valence-corrected chi connectivity index (χ0v) is 13.9. The second-order valence-corrected chi connectivity index (χ2v) is 5.56. The normalized spacial score (nSPS) is 11.5. The van der Waals surface area contributed by atoms with Crippen LogP contribution in [-0.4, -0.2) is 16.5 Å². The van der Waals surface area contributed by atoms with Gasteiger partial charge in [-0.2, -0.15) is 4.98 Å². The number of nitrogen functional groups attached to an aromatic ring is 1. The molecule has 3 N–H and O–H groups in total. The van der Waals surface area contributed by atoms with Gasteiger partial charge in [-0.1, -0.05) is 29.8 Å². The predicted molar refractivity (Wildman–Crippen MR) is 94.2 cm³/mol. The van der Waals surface area contributed by atoms with Gasteiger partial charge in [0, 0.05) is 22.8 Å². The van der Waals surface area contributed by atoms with Crippen molar-refractivity contribution >= 4 is 28.9 Å². The first-order valence-corrected chi connectivity index (χ1v) is 7.68. The number of hydrogen-bond donors (Lipinski definition) is 2. The standard InChI is InChI=1S/C17H21ClN4/c1-4-20-17-21-12(3)15(16(19)22-17)10-5-11(2)13-6-8-14(18)9-7-13/h5-9H,4,10H2,1-3H3,(H3,19,20,21,22)/b11-5-. The summed E-state index contributed by atoms with van der Waals surface area (Å²) in [5, 5.41) is 3.82. The number of aromatic nitrogens is 2. The van der Waals surface area contributed by atoms with E-state index in [2.05, 4.69) is 28.3 Å². The zero-order chi connectivity index (χ0) is 16.1. The summed E-state index contributed by atoms with van der Waals surface area (Å²) in [6.07, 6.45) is 2.84. The topological polar surface area (TPSA) is 63.8 Å². The molecule has 4 nitrogen and oxygen atoms in total. The number of nitrogens with zero attached hydrogens (tertiary/aromatic N) is 2. The van der Waals surface area contributed by atoms with Gasteiger partial charge in [-0.05, 0) is 50.5 Å². The molecular weight excluding hydrogens is 296 g/mol. The number of nitrogens with two attached hydrogens (primary N) is 1. The van der Waals surface area contributed by atoms with Gasteiger partial charge in [0.2, 0.25) is 5.95 Å². The Hall–Kier alpha value is -2.07. The largest absolute Gasteiger partial charge is 0.383 e. The first-order valence-electron chi connectivity index (χ1n) is 7.30. The molecule has 0 unspecified atom stereocenters. The molecule has 0 spiro atoms. The number of benzene rings is 1. The van der Waals surface area contributed by atoms with E-state index >= 15 is 0 Å². The summed E-state index contributed by atoms with van der Waals surface area (Å²) >= 11 is 5.91. The molecule has 0 radical (unpaired) electrons. The average molecular weight is 317 g/mol. The molecule has 22 heavy (non-hydrogen) atoms. The van der Waals surface area contributed by atoms with Gasteiger partial charge in [0.15, 0.2) is 0 Å². The van der Waals surface area contributed by atoms with Gasteiger partial charge in [-0.3, -0.25) is 0 Å². The van der Waals surface area contributed by atoms with Gasteiger partial charge in [-0.15, -0.1) is 0 Å². The van der Waals surface area contributed by atoms with E-state index in [0.717, 1.165) is 28.4 Å². The summed E-state index contributed by atoms with van der Waals surface area (Å²) in [6.45, 7) is 6.80. The van der Waals surface area contributed by atoms with Crippen molar-refractivity contribution in [2.75, 3.05) is 17.6 Å². The molecule has 0 amide bonds. The Balaban J connectivity index is 2.20. The van der Waals surface area contributed by atoms with E-state index in [1.54, 1.807) is 0 Å². The second-order valence-electron chi connectivity index (χ2n) is 5.12. The maximum atomic E-state index is 6.06. The van der Waals surface area contributed by atoms with E-state index in [9.17, 15) is 0 Å². The summed E-state index contributed by atoms with van der Waals surface area (Å²) in [4.78, 5) is 8.73. The van der Waals surface area contributed by atoms with Crippen molar-refractivity contribution in [3.8, 4) is 0 Å². The van der Waals surface area contributed by atoms with Crippen molar-refractivity contribution < 1.29 is 0 Å². The number of allylic oxidation sites excluding steroid dienone is 2. The highest BCUT2D eigenvalue weighted by atomic mass is 35.5. The molecule has 0 aliphatic rings. The lowest BCUT2D eigenvalue weighted by atomic mass is 10.0. The quantitative estimate of drug-likeness (QED) is 0.871. The van der Waals surface area contributed by atoms with Gasteiger partial charge in [0.25, 0.3) is 0 Å². The van der Waals surface area contributed by atoms with Crippen molar-refractivity contribution in [1.82, 2.24) is 9.97 Å². The molecule has 1 aromatic carbocycles. The van der Waals surface area contributed by atoms with E-state index < -0.39 is 0 Å². The average Bonchev–Trinajstić information content (AvgIpc) is 2.47. The third kappa shape index (κ3) is 3.98. The van der Waals surface area contributed by atoms with Crippen LogP contribution >= 0.6 is 11.6 Å². The van der Waals surface area contributed by atoms with Gasteiger partial charge in [-0.25, -0.2) is 4.98 Å². The number of nitrogens with one attached hydrogen (secondary N) is 1. The third-order valence-electron chi connectivity index (χ3n) is 3.49. The van der Waals surface area contributed by atoms with Crippen LogP contribution in [0.25, 0.3) is 5.57 Å². The van der Waals surface area contributed by atoms with E-state index in [-0.39, 0.29) is 0 Å². The maximum Gasteiger partial charge on any atom is 0.224 e. The van der Waals surface area contributed by atoms with Crippen LogP contribution in [0.1, 0.15) is 30.7 Å². The highest BCUT2D eigenvalue weighted by molar-refractivity contribution is 6.30. The molecule has 116 valence electrons. The molecule has 0 aliphatic carbocycles. The van der Waals surface area contributed by atoms with Crippen LogP contribution in [0, 0.1) is 6.92 Å². The van der Waals surface area contributed by atoms with Gasteiger partial charge in [0.05, 0.1) is 0 Å². The molecule has 5 heteroatoms. The maximum absolute atomic E-state index is 6.06. The SMILES string of the molecule is CCNc1nc(C)c(C/C=C(/C)c2ccc(Cl)cc2)c(N)n1.